The van der Waals surface area contributed by atoms with Crippen LogP contribution in [0.25, 0.3) is 0 Å². The Bertz CT molecular complexity index is 524. The molecule has 19 heavy (non-hydrogen) atoms. The van der Waals surface area contributed by atoms with Crippen molar-refractivity contribution >= 4 is 17.6 Å². The van der Waals surface area contributed by atoms with Gasteiger partial charge in [0.1, 0.15) is 5.82 Å². The smallest absolute Gasteiger partial charge is 0.314 e. The molecule has 0 spiro atoms. The van der Waals surface area contributed by atoms with Gasteiger partial charge in [-0.3, -0.25) is 4.79 Å². The Kier molecular flexibility index (Phi) is 3.58. The molecular weight excluding hydrogens is 275 g/mol. The highest BCUT2D eigenvalue weighted by molar-refractivity contribution is 6.32. The summed E-state index contributed by atoms with van der Waals surface area (Å²) in [6.45, 7) is 0. The molecule has 1 fully saturated rings. The van der Waals surface area contributed by atoms with E-state index in [1.807, 2.05) is 0 Å². The zero-order chi connectivity index (χ0) is 14.2. The van der Waals surface area contributed by atoms with E-state index >= 15 is 0 Å². The van der Waals surface area contributed by atoms with Crippen molar-refractivity contribution in [2.45, 2.75) is 31.1 Å². The Morgan fingerprint density at radius 3 is 2.53 bits per heavy atom. The molecule has 0 radical (unpaired) electrons. The minimum Gasteiger partial charge on any atom is -0.504 e. The normalized spacial score (nSPS) is 17.4. The van der Waals surface area contributed by atoms with Gasteiger partial charge < -0.3 is 14.9 Å². The first-order chi connectivity index (χ1) is 8.94. The molecule has 0 aliphatic heterocycles. The number of phenolic OH excluding ortho intramolecular Hbond substituents is 1. The van der Waals surface area contributed by atoms with Crippen molar-refractivity contribution in [1.82, 2.24) is 0 Å². The van der Waals surface area contributed by atoms with E-state index in [1.165, 1.54) is 7.11 Å². The second-order valence-corrected chi connectivity index (χ2v) is 5.07. The van der Waals surface area contributed by atoms with Crippen LogP contribution in [0.15, 0.2) is 6.07 Å². The van der Waals surface area contributed by atoms with Crippen LogP contribution in [0.1, 0.15) is 31.2 Å². The van der Waals surface area contributed by atoms with Gasteiger partial charge in [0.2, 0.25) is 0 Å². The minimum absolute atomic E-state index is 0.0409. The van der Waals surface area contributed by atoms with Crippen LogP contribution >= 0.6 is 11.6 Å². The lowest BCUT2D eigenvalue weighted by atomic mass is 9.78. The van der Waals surface area contributed by atoms with Crippen LogP contribution in [0.3, 0.4) is 0 Å². The van der Waals surface area contributed by atoms with Gasteiger partial charge in [0, 0.05) is 11.6 Å². The molecule has 0 bridgehead atoms. The quantitative estimate of drug-likeness (QED) is 0.897. The van der Waals surface area contributed by atoms with Crippen LogP contribution in [0.4, 0.5) is 4.39 Å². The number of hydrogen-bond donors (Lipinski definition) is 2. The number of aromatic hydroxyl groups is 1. The fourth-order valence-corrected chi connectivity index (χ4v) is 3.10. The van der Waals surface area contributed by atoms with Crippen molar-refractivity contribution in [2.24, 2.45) is 0 Å². The summed E-state index contributed by atoms with van der Waals surface area (Å²) in [6.07, 6.45) is 2.12. The number of methoxy groups -OCH3 is 1. The van der Waals surface area contributed by atoms with Gasteiger partial charge in [-0.15, -0.1) is 0 Å². The molecule has 104 valence electrons. The molecule has 0 atom stereocenters. The standard InChI is InChI=1S/C13H14ClFO4/c1-19-11-8(16)6-7(15)10(14)9(11)13(12(17)18)4-2-3-5-13/h6,16H,2-5H2,1H3,(H,17,18). The molecule has 1 aliphatic rings. The van der Waals surface area contributed by atoms with Crippen LogP contribution in [-0.4, -0.2) is 23.3 Å². The summed E-state index contributed by atoms with van der Waals surface area (Å²) in [5.74, 6) is -2.42. The fraction of sp³-hybridized carbons (Fsp3) is 0.462. The number of carbonyl (C=O) groups is 1. The number of halogens is 2. The predicted octanol–water partition coefficient (Wildman–Crippen LogP) is 3.09. The minimum atomic E-state index is -1.29. The van der Waals surface area contributed by atoms with Crippen molar-refractivity contribution in [3.8, 4) is 11.5 Å². The van der Waals surface area contributed by atoms with E-state index in [0.717, 1.165) is 6.07 Å². The van der Waals surface area contributed by atoms with Gasteiger partial charge >= 0.3 is 5.97 Å². The van der Waals surface area contributed by atoms with Crippen LogP contribution in [0.5, 0.6) is 11.5 Å². The Labute approximate surface area is 114 Å². The first kappa shape index (κ1) is 13.9. The zero-order valence-electron chi connectivity index (χ0n) is 10.4. The maximum atomic E-state index is 13.7. The molecule has 2 N–H and O–H groups in total. The Balaban J connectivity index is 2.76. The average Bonchev–Trinajstić information content (AvgIpc) is 2.83. The highest BCUT2D eigenvalue weighted by atomic mass is 35.5. The number of rotatable bonds is 3. The molecule has 0 unspecified atom stereocenters. The molecule has 6 heteroatoms. The summed E-state index contributed by atoms with van der Waals surface area (Å²) in [7, 11) is 1.29. The Morgan fingerprint density at radius 1 is 1.47 bits per heavy atom. The van der Waals surface area contributed by atoms with E-state index in [2.05, 4.69) is 0 Å². The van der Waals surface area contributed by atoms with Gasteiger partial charge in [-0.25, -0.2) is 4.39 Å². The summed E-state index contributed by atoms with van der Waals surface area (Å²) in [6, 6.07) is 0.829. The SMILES string of the molecule is COc1c(O)cc(F)c(Cl)c1C1(C(=O)O)CCCC1. The lowest BCUT2D eigenvalue weighted by molar-refractivity contribution is -0.143. The number of aliphatic carboxylic acids is 1. The van der Waals surface area contributed by atoms with Gasteiger partial charge in [0.05, 0.1) is 17.5 Å². The third-order valence-corrected chi connectivity index (χ3v) is 4.07. The van der Waals surface area contributed by atoms with Crippen molar-refractivity contribution in [1.29, 1.82) is 0 Å². The lowest BCUT2D eigenvalue weighted by Crippen LogP contribution is -2.33. The van der Waals surface area contributed by atoms with E-state index in [-0.39, 0.29) is 16.3 Å². The molecule has 0 saturated heterocycles. The Hall–Kier alpha value is -1.49. The van der Waals surface area contributed by atoms with Crippen LogP contribution in [0.2, 0.25) is 5.02 Å². The van der Waals surface area contributed by atoms with E-state index in [0.29, 0.717) is 25.7 Å². The molecule has 1 aromatic carbocycles. The third kappa shape index (κ3) is 2.02. The summed E-state index contributed by atoms with van der Waals surface area (Å²) in [4.78, 5) is 11.6. The number of carboxylic acid groups (broad SMARTS) is 1. The highest BCUT2D eigenvalue weighted by Gasteiger charge is 2.47. The molecule has 1 aromatic rings. The summed E-state index contributed by atoms with van der Waals surface area (Å²) >= 11 is 5.93. The number of hydrogen-bond acceptors (Lipinski definition) is 3. The highest BCUT2D eigenvalue weighted by Crippen LogP contribution is 2.51. The molecule has 0 aromatic heterocycles. The molecule has 2 rings (SSSR count). The topological polar surface area (TPSA) is 66.8 Å². The molecule has 4 nitrogen and oxygen atoms in total. The number of benzene rings is 1. The summed E-state index contributed by atoms with van der Waals surface area (Å²) in [5.41, 5.74) is -1.25. The van der Waals surface area contributed by atoms with Gasteiger partial charge in [0.15, 0.2) is 11.5 Å². The summed E-state index contributed by atoms with van der Waals surface area (Å²) < 4.78 is 18.7. The molecule has 0 heterocycles. The van der Waals surface area contributed by atoms with Gasteiger partial charge in [0.25, 0.3) is 0 Å². The number of ether oxygens (including phenoxy) is 1. The Morgan fingerprint density at radius 2 is 2.05 bits per heavy atom. The van der Waals surface area contributed by atoms with Gasteiger partial charge in [-0.1, -0.05) is 24.4 Å². The van der Waals surface area contributed by atoms with E-state index in [9.17, 15) is 19.4 Å². The predicted molar refractivity (Wildman–Crippen MR) is 67.4 cm³/mol. The van der Waals surface area contributed by atoms with Crippen molar-refractivity contribution in [2.75, 3.05) is 7.11 Å². The molecule has 1 aliphatic carbocycles. The molecule has 0 amide bonds. The van der Waals surface area contributed by atoms with E-state index in [4.69, 9.17) is 16.3 Å². The van der Waals surface area contributed by atoms with Crippen molar-refractivity contribution in [3.05, 3.63) is 22.5 Å². The monoisotopic (exact) mass is 288 g/mol. The van der Waals surface area contributed by atoms with E-state index in [1.54, 1.807) is 0 Å². The maximum absolute atomic E-state index is 13.7. The van der Waals surface area contributed by atoms with Crippen molar-refractivity contribution in [3.63, 3.8) is 0 Å². The maximum Gasteiger partial charge on any atom is 0.314 e. The third-order valence-electron chi connectivity index (χ3n) is 3.70. The second kappa shape index (κ2) is 4.89. The van der Waals surface area contributed by atoms with Crippen LogP contribution in [-0.2, 0) is 10.2 Å². The largest absolute Gasteiger partial charge is 0.504 e. The molecule has 1 saturated carbocycles. The number of phenols is 1. The molecular formula is C13H14ClFO4. The number of carboxylic acids is 1. The summed E-state index contributed by atoms with van der Waals surface area (Å²) in [5, 5.41) is 19.0. The van der Waals surface area contributed by atoms with E-state index < -0.39 is 23.0 Å². The van der Waals surface area contributed by atoms with Crippen LogP contribution in [0, 0.1) is 5.82 Å². The lowest BCUT2D eigenvalue weighted by Gasteiger charge is -2.27. The fourth-order valence-electron chi connectivity index (χ4n) is 2.78. The first-order valence-corrected chi connectivity index (χ1v) is 6.30. The van der Waals surface area contributed by atoms with Gasteiger partial charge in [-0.2, -0.15) is 0 Å². The van der Waals surface area contributed by atoms with Crippen molar-refractivity contribution < 1.29 is 24.1 Å². The second-order valence-electron chi connectivity index (χ2n) is 4.69. The first-order valence-electron chi connectivity index (χ1n) is 5.93. The average molecular weight is 289 g/mol. The van der Waals surface area contributed by atoms with Gasteiger partial charge in [-0.05, 0) is 12.8 Å². The zero-order valence-corrected chi connectivity index (χ0v) is 11.1. The van der Waals surface area contributed by atoms with Crippen LogP contribution < -0.4 is 4.74 Å².